The minimum absolute atomic E-state index is 0.0520. The number of thioether (sulfide) groups is 1. The Morgan fingerprint density at radius 2 is 1.95 bits per heavy atom. The summed E-state index contributed by atoms with van der Waals surface area (Å²) in [5, 5.41) is 12.0. The van der Waals surface area contributed by atoms with Gasteiger partial charge >= 0.3 is 0 Å². The molecule has 2 aromatic carbocycles. The Morgan fingerprint density at radius 1 is 1.23 bits per heavy atom. The fourth-order valence-corrected chi connectivity index (χ4v) is 2.76. The van der Waals surface area contributed by atoms with Crippen LogP contribution in [0.15, 0.2) is 47.4 Å². The molecule has 22 heavy (non-hydrogen) atoms. The Kier molecular flexibility index (Phi) is 5.98. The lowest BCUT2D eigenvalue weighted by Gasteiger charge is -2.10. The van der Waals surface area contributed by atoms with Crippen LogP contribution >= 0.6 is 11.8 Å². The highest BCUT2D eigenvalue weighted by Gasteiger charge is 2.06. The summed E-state index contributed by atoms with van der Waals surface area (Å²) in [6, 6.07) is 11.7. The summed E-state index contributed by atoms with van der Waals surface area (Å²) < 4.78 is 12.8. The molecule has 2 aromatic rings. The van der Waals surface area contributed by atoms with Crippen molar-refractivity contribution in [3.8, 4) is 0 Å². The van der Waals surface area contributed by atoms with Gasteiger partial charge in [0.25, 0.3) is 0 Å². The van der Waals surface area contributed by atoms with Crippen molar-refractivity contribution in [2.24, 2.45) is 0 Å². The number of hydrogen-bond donors (Lipinski definition) is 2. The lowest BCUT2D eigenvalue weighted by molar-refractivity contribution is -0.115. The maximum atomic E-state index is 12.8. The molecule has 0 saturated heterocycles. The van der Waals surface area contributed by atoms with Crippen LogP contribution in [0.25, 0.3) is 0 Å². The second kappa shape index (κ2) is 7.96. The number of aliphatic hydroxyl groups excluding tert-OH is 1. The fraction of sp³-hybridized carbons (Fsp3) is 0.235. The Morgan fingerprint density at radius 3 is 2.64 bits per heavy atom. The third kappa shape index (κ3) is 4.86. The van der Waals surface area contributed by atoms with Crippen LogP contribution < -0.4 is 5.32 Å². The van der Waals surface area contributed by atoms with Gasteiger partial charge in [-0.2, -0.15) is 0 Å². The van der Waals surface area contributed by atoms with Crippen LogP contribution in [0.3, 0.4) is 0 Å². The minimum Gasteiger partial charge on any atom is -0.392 e. The molecule has 0 aliphatic heterocycles. The Labute approximate surface area is 133 Å². The number of amides is 1. The van der Waals surface area contributed by atoms with E-state index >= 15 is 0 Å². The molecule has 0 aliphatic rings. The first-order valence-electron chi connectivity index (χ1n) is 6.97. The molecule has 0 fully saturated rings. The molecule has 0 aliphatic carbocycles. The molecule has 0 spiro atoms. The second-order valence-corrected chi connectivity index (χ2v) is 6.08. The molecule has 0 bridgehead atoms. The van der Waals surface area contributed by atoms with Crippen molar-refractivity contribution in [2.45, 2.75) is 24.8 Å². The molecule has 0 radical (unpaired) electrons. The predicted octanol–water partition coefficient (Wildman–Crippen LogP) is 3.75. The Hall–Kier alpha value is -1.85. The van der Waals surface area contributed by atoms with E-state index in [-0.39, 0.29) is 18.3 Å². The summed E-state index contributed by atoms with van der Waals surface area (Å²) in [6.45, 7) is 1.85. The molecule has 1 amide bonds. The quantitative estimate of drug-likeness (QED) is 0.797. The maximum Gasteiger partial charge on any atom is 0.225 e. The number of aryl methyl sites for hydroxylation is 1. The van der Waals surface area contributed by atoms with Gasteiger partial charge in [0.1, 0.15) is 5.82 Å². The highest BCUT2D eigenvalue weighted by atomic mass is 32.2. The first kappa shape index (κ1) is 16.5. The number of halogens is 1. The number of aliphatic hydroxyl groups is 1. The van der Waals surface area contributed by atoms with Crippen LogP contribution in [-0.2, 0) is 11.4 Å². The Balaban J connectivity index is 1.84. The standard InChI is InChI=1S/C17H18FNO2S/c1-12-2-3-13(11-20)10-16(12)19-17(21)8-9-22-15-6-4-14(18)5-7-15/h2-7,10,20H,8-9,11H2,1H3,(H,19,21). The van der Waals surface area contributed by atoms with Crippen LogP contribution in [0.1, 0.15) is 17.5 Å². The number of anilines is 1. The lowest BCUT2D eigenvalue weighted by atomic mass is 10.1. The van der Waals surface area contributed by atoms with Crippen LogP contribution in [-0.4, -0.2) is 16.8 Å². The molecular formula is C17H18FNO2S. The van der Waals surface area contributed by atoms with E-state index in [4.69, 9.17) is 5.11 Å². The van der Waals surface area contributed by atoms with Gasteiger partial charge in [-0.25, -0.2) is 4.39 Å². The number of nitrogens with one attached hydrogen (secondary N) is 1. The van der Waals surface area contributed by atoms with Crippen molar-refractivity contribution in [2.75, 3.05) is 11.1 Å². The zero-order chi connectivity index (χ0) is 15.9. The van der Waals surface area contributed by atoms with Crippen LogP contribution in [0.2, 0.25) is 0 Å². The predicted molar refractivity (Wildman–Crippen MR) is 87.5 cm³/mol. The van der Waals surface area contributed by atoms with Crippen LogP contribution in [0, 0.1) is 12.7 Å². The highest BCUT2D eigenvalue weighted by molar-refractivity contribution is 7.99. The number of rotatable bonds is 6. The fourth-order valence-electron chi connectivity index (χ4n) is 1.91. The average molecular weight is 319 g/mol. The molecule has 3 nitrogen and oxygen atoms in total. The van der Waals surface area contributed by atoms with Gasteiger partial charge in [-0.05, 0) is 48.4 Å². The molecule has 0 saturated carbocycles. The SMILES string of the molecule is Cc1ccc(CO)cc1NC(=O)CCSc1ccc(F)cc1. The summed E-state index contributed by atoms with van der Waals surface area (Å²) in [4.78, 5) is 12.9. The monoisotopic (exact) mass is 319 g/mol. The zero-order valence-corrected chi connectivity index (χ0v) is 13.1. The van der Waals surface area contributed by atoms with E-state index in [2.05, 4.69) is 5.32 Å². The summed E-state index contributed by atoms with van der Waals surface area (Å²) in [6.07, 6.45) is 0.366. The average Bonchev–Trinajstić information content (AvgIpc) is 2.51. The molecule has 116 valence electrons. The first-order chi connectivity index (χ1) is 10.6. The number of hydrogen-bond acceptors (Lipinski definition) is 3. The van der Waals surface area contributed by atoms with Crippen molar-refractivity contribution in [3.05, 3.63) is 59.4 Å². The number of carbonyl (C=O) groups excluding carboxylic acids is 1. The first-order valence-corrected chi connectivity index (χ1v) is 7.95. The van der Waals surface area contributed by atoms with E-state index in [0.29, 0.717) is 12.2 Å². The molecular weight excluding hydrogens is 301 g/mol. The van der Waals surface area contributed by atoms with E-state index < -0.39 is 0 Å². The third-order valence-electron chi connectivity index (χ3n) is 3.17. The molecule has 2 rings (SSSR count). The van der Waals surface area contributed by atoms with Gasteiger partial charge in [0, 0.05) is 22.8 Å². The van der Waals surface area contributed by atoms with Gasteiger partial charge in [0.05, 0.1) is 6.61 Å². The summed E-state index contributed by atoms with van der Waals surface area (Å²) in [5.41, 5.74) is 2.45. The second-order valence-electron chi connectivity index (χ2n) is 4.91. The van der Waals surface area contributed by atoms with E-state index in [9.17, 15) is 9.18 Å². The van der Waals surface area contributed by atoms with E-state index in [1.54, 1.807) is 18.2 Å². The van der Waals surface area contributed by atoms with Crippen molar-refractivity contribution < 1.29 is 14.3 Å². The van der Waals surface area contributed by atoms with E-state index in [0.717, 1.165) is 21.7 Å². The van der Waals surface area contributed by atoms with Gasteiger partial charge in [-0.3, -0.25) is 4.79 Å². The van der Waals surface area contributed by atoms with E-state index in [1.807, 2.05) is 19.1 Å². The number of benzene rings is 2. The van der Waals surface area contributed by atoms with E-state index in [1.165, 1.54) is 23.9 Å². The third-order valence-corrected chi connectivity index (χ3v) is 4.18. The molecule has 5 heteroatoms. The van der Waals surface area contributed by atoms with Crippen molar-refractivity contribution in [1.29, 1.82) is 0 Å². The molecule has 0 unspecified atom stereocenters. The van der Waals surface area contributed by atoms with Gasteiger partial charge in [0.15, 0.2) is 0 Å². The largest absolute Gasteiger partial charge is 0.392 e. The van der Waals surface area contributed by atoms with Gasteiger partial charge < -0.3 is 10.4 Å². The maximum absolute atomic E-state index is 12.8. The molecule has 0 heterocycles. The number of carbonyl (C=O) groups is 1. The van der Waals surface area contributed by atoms with Gasteiger partial charge in [-0.1, -0.05) is 12.1 Å². The summed E-state index contributed by atoms with van der Waals surface area (Å²) in [5.74, 6) is 0.282. The van der Waals surface area contributed by atoms with Crippen LogP contribution in [0.5, 0.6) is 0 Å². The lowest BCUT2D eigenvalue weighted by Crippen LogP contribution is -2.13. The summed E-state index contributed by atoms with van der Waals surface area (Å²) >= 11 is 1.51. The van der Waals surface area contributed by atoms with Gasteiger partial charge in [0.2, 0.25) is 5.91 Å². The van der Waals surface area contributed by atoms with Crippen molar-refractivity contribution in [1.82, 2.24) is 0 Å². The van der Waals surface area contributed by atoms with Crippen LogP contribution in [0.4, 0.5) is 10.1 Å². The molecule has 2 N–H and O–H groups in total. The van der Waals surface area contributed by atoms with Gasteiger partial charge in [-0.15, -0.1) is 11.8 Å². The molecule has 0 atom stereocenters. The van der Waals surface area contributed by atoms with Crippen molar-refractivity contribution >= 4 is 23.4 Å². The molecule has 0 aromatic heterocycles. The highest BCUT2D eigenvalue weighted by Crippen LogP contribution is 2.20. The normalized spacial score (nSPS) is 10.5. The van der Waals surface area contributed by atoms with Crippen molar-refractivity contribution in [3.63, 3.8) is 0 Å². The Bertz CT molecular complexity index is 644. The smallest absolute Gasteiger partial charge is 0.225 e. The summed E-state index contributed by atoms with van der Waals surface area (Å²) in [7, 11) is 0. The zero-order valence-electron chi connectivity index (χ0n) is 12.3. The minimum atomic E-state index is -0.263. The topological polar surface area (TPSA) is 49.3 Å².